The van der Waals surface area contributed by atoms with Crippen molar-refractivity contribution in [1.82, 2.24) is 9.36 Å². The van der Waals surface area contributed by atoms with Crippen LogP contribution < -0.4 is 5.32 Å². The van der Waals surface area contributed by atoms with Crippen LogP contribution in [0.25, 0.3) is 0 Å². The number of rotatable bonds is 3. The van der Waals surface area contributed by atoms with Crippen LogP contribution in [0.15, 0.2) is 28.3 Å². The number of aromatic nitrogens is 2. The van der Waals surface area contributed by atoms with Crippen LogP contribution in [0, 0.1) is 0 Å². The van der Waals surface area contributed by atoms with Crippen LogP contribution in [-0.4, -0.2) is 15.3 Å². The van der Waals surface area contributed by atoms with E-state index in [9.17, 15) is 4.79 Å². The van der Waals surface area contributed by atoms with Gasteiger partial charge < -0.3 is 5.32 Å². The zero-order chi connectivity index (χ0) is 13.1. The summed E-state index contributed by atoms with van der Waals surface area (Å²) in [5.74, 6) is 0.145. The second-order valence-corrected chi connectivity index (χ2v) is 5.61. The van der Waals surface area contributed by atoms with Crippen LogP contribution in [0.2, 0.25) is 0 Å². The third-order valence-electron chi connectivity index (χ3n) is 2.43. The molecule has 4 nitrogen and oxygen atoms in total. The van der Waals surface area contributed by atoms with Gasteiger partial charge in [-0.3, -0.25) is 9.78 Å². The molecule has 2 aromatic heterocycles. The normalized spacial score (nSPS) is 10.7. The highest BCUT2D eigenvalue weighted by Crippen LogP contribution is 2.20. The van der Waals surface area contributed by atoms with Gasteiger partial charge in [-0.05, 0) is 45.0 Å². The quantitative estimate of drug-likeness (QED) is 0.936. The maximum absolute atomic E-state index is 12.0. The van der Waals surface area contributed by atoms with E-state index in [1.807, 2.05) is 6.07 Å². The van der Waals surface area contributed by atoms with Crippen molar-refractivity contribution >= 4 is 39.1 Å². The van der Waals surface area contributed by atoms with Gasteiger partial charge >= 0.3 is 0 Å². The van der Waals surface area contributed by atoms with Crippen LogP contribution in [0.3, 0.4) is 0 Å². The van der Waals surface area contributed by atoms with Gasteiger partial charge in [-0.15, -0.1) is 0 Å². The van der Waals surface area contributed by atoms with Crippen molar-refractivity contribution in [2.75, 3.05) is 5.32 Å². The number of pyridine rings is 1. The van der Waals surface area contributed by atoms with E-state index in [4.69, 9.17) is 0 Å². The summed E-state index contributed by atoms with van der Waals surface area (Å²) in [5.41, 5.74) is 2.17. The lowest BCUT2D eigenvalue weighted by Gasteiger charge is -2.08. The average molecular weight is 326 g/mol. The Balaban J connectivity index is 2.17. The van der Waals surface area contributed by atoms with E-state index in [1.54, 1.807) is 17.8 Å². The summed E-state index contributed by atoms with van der Waals surface area (Å²) < 4.78 is 4.74. The Morgan fingerprint density at radius 3 is 2.83 bits per heavy atom. The first-order chi connectivity index (χ1) is 8.58. The molecular formula is C12H12BrN3OS. The summed E-state index contributed by atoms with van der Waals surface area (Å²) in [6.45, 7) is 4.17. The van der Waals surface area contributed by atoms with Crippen molar-refractivity contribution < 1.29 is 4.79 Å². The largest absolute Gasteiger partial charge is 0.319 e. The number of nitrogens with one attached hydrogen (secondary N) is 1. The summed E-state index contributed by atoms with van der Waals surface area (Å²) >= 11 is 4.53. The topological polar surface area (TPSA) is 54.9 Å². The lowest BCUT2D eigenvalue weighted by Crippen LogP contribution is -2.13. The van der Waals surface area contributed by atoms with Crippen LogP contribution in [0.1, 0.15) is 35.8 Å². The fourth-order valence-electron chi connectivity index (χ4n) is 1.41. The predicted molar refractivity (Wildman–Crippen MR) is 76.1 cm³/mol. The van der Waals surface area contributed by atoms with Gasteiger partial charge in [-0.25, -0.2) is 0 Å². The van der Waals surface area contributed by atoms with E-state index >= 15 is 0 Å². The summed E-state index contributed by atoms with van der Waals surface area (Å²) in [4.78, 5) is 16.1. The van der Waals surface area contributed by atoms with E-state index in [0.29, 0.717) is 21.8 Å². The molecule has 94 valence electrons. The first-order valence-corrected chi connectivity index (χ1v) is 7.07. The minimum absolute atomic E-state index is 0.231. The number of anilines is 1. The zero-order valence-corrected chi connectivity index (χ0v) is 12.4. The molecule has 0 radical (unpaired) electrons. The average Bonchev–Trinajstić information content (AvgIpc) is 2.76. The molecule has 0 aliphatic heterocycles. The predicted octanol–water partition coefficient (Wildman–Crippen LogP) is 3.68. The number of amides is 1. The molecule has 0 aromatic carbocycles. The highest BCUT2D eigenvalue weighted by Gasteiger charge is 2.13. The Morgan fingerprint density at radius 2 is 2.22 bits per heavy atom. The summed E-state index contributed by atoms with van der Waals surface area (Å²) in [6, 6.07) is 1.93. The Morgan fingerprint density at radius 1 is 1.44 bits per heavy atom. The molecule has 0 aliphatic carbocycles. The highest BCUT2D eigenvalue weighted by atomic mass is 79.9. The molecule has 6 heteroatoms. The number of carbonyl (C=O) groups excluding carboxylic acids is 1. The van der Waals surface area contributed by atoms with Crippen molar-refractivity contribution in [3.8, 4) is 0 Å². The molecule has 0 aliphatic rings. The third kappa shape index (κ3) is 2.94. The second-order valence-electron chi connectivity index (χ2n) is 4.13. The second kappa shape index (κ2) is 5.58. The number of nitrogens with zero attached hydrogens (tertiary/aromatic N) is 2. The highest BCUT2D eigenvalue weighted by molar-refractivity contribution is 9.10. The maximum Gasteiger partial charge on any atom is 0.276 e. The number of halogens is 1. The molecule has 1 N–H and O–H groups in total. The third-order valence-corrected chi connectivity index (χ3v) is 3.96. The number of carbonyl (C=O) groups is 1. The number of hydrogen-bond acceptors (Lipinski definition) is 4. The van der Waals surface area contributed by atoms with Crippen molar-refractivity contribution in [1.29, 1.82) is 0 Å². The van der Waals surface area contributed by atoms with Gasteiger partial charge in [0.2, 0.25) is 0 Å². The molecule has 0 bridgehead atoms. The van der Waals surface area contributed by atoms with Gasteiger partial charge in [-0.1, -0.05) is 13.8 Å². The van der Waals surface area contributed by atoms with Crippen molar-refractivity contribution in [3.05, 3.63) is 39.6 Å². The van der Waals surface area contributed by atoms with Gasteiger partial charge in [0.05, 0.1) is 16.4 Å². The summed E-state index contributed by atoms with van der Waals surface area (Å²) in [5, 5.41) is 4.57. The lowest BCUT2D eigenvalue weighted by molar-refractivity contribution is 0.102. The Labute approximate surface area is 118 Å². The molecule has 0 unspecified atom stereocenters. The van der Waals surface area contributed by atoms with Gasteiger partial charge in [0.1, 0.15) is 0 Å². The van der Waals surface area contributed by atoms with Crippen molar-refractivity contribution in [2.24, 2.45) is 0 Å². The standard InChI is InChI=1S/C12H12BrN3OS/c1-7(2)8-3-9(5-14-4-8)15-12(17)11-10(13)6-18-16-11/h3-7H,1-2H3,(H,15,17). The smallest absolute Gasteiger partial charge is 0.276 e. The fourth-order valence-corrected chi connectivity index (χ4v) is 2.59. The van der Waals surface area contributed by atoms with Gasteiger partial charge in [0.15, 0.2) is 5.69 Å². The molecule has 2 heterocycles. The Bertz CT molecular complexity index is 568. The van der Waals surface area contributed by atoms with Crippen LogP contribution in [0.4, 0.5) is 5.69 Å². The monoisotopic (exact) mass is 325 g/mol. The van der Waals surface area contributed by atoms with Crippen molar-refractivity contribution in [2.45, 2.75) is 19.8 Å². The summed E-state index contributed by atoms with van der Waals surface area (Å²) in [6.07, 6.45) is 3.43. The molecule has 2 rings (SSSR count). The van der Waals surface area contributed by atoms with E-state index in [2.05, 4.69) is 44.5 Å². The summed E-state index contributed by atoms with van der Waals surface area (Å²) in [7, 11) is 0. The molecule has 0 saturated heterocycles. The Hall–Kier alpha value is -1.27. The molecule has 0 atom stereocenters. The molecule has 1 amide bonds. The van der Waals surface area contributed by atoms with Crippen LogP contribution in [0.5, 0.6) is 0 Å². The Kier molecular flexibility index (Phi) is 4.08. The minimum Gasteiger partial charge on any atom is -0.319 e. The van der Waals surface area contributed by atoms with Crippen LogP contribution in [-0.2, 0) is 0 Å². The van der Waals surface area contributed by atoms with Crippen LogP contribution >= 0.6 is 27.5 Å². The molecule has 0 saturated carbocycles. The molecule has 0 spiro atoms. The first-order valence-electron chi connectivity index (χ1n) is 5.44. The minimum atomic E-state index is -0.231. The first kappa shape index (κ1) is 13.2. The number of hydrogen-bond donors (Lipinski definition) is 1. The van der Waals surface area contributed by atoms with Crippen molar-refractivity contribution in [3.63, 3.8) is 0 Å². The molecule has 0 fully saturated rings. The van der Waals surface area contributed by atoms with E-state index in [-0.39, 0.29) is 5.91 Å². The lowest BCUT2D eigenvalue weighted by atomic mass is 10.1. The fraction of sp³-hybridized carbons (Fsp3) is 0.250. The van der Waals surface area contributed by atoms with Gasteiger partial charge in [0.25, 0.3) is 5.91 Å². The molecule has 18 heavy (non-hydrogen) atoms. The van der Waals surface area contributed by atoms with E-state index in [0.717, 1.165) is 5.56 Å². The van der Waals surface area contributed by atoms with Gasteiger partial charge in [0, 0.05) is 11.6 Å². The van der Waals surface area contributed by atoms with E-state index < -0.39 is 0 Å². The zero-order valence-electron chi connectivity index (χ0n) is 9.98. The molecular weight excluding hydrogens is 314 g/mol. The molecule has 2 aromatic rings. The SMILES string of the molecule is CC(C)c1cncc(NC(=O)c2nscc2Br)c1. The van der Waals surface area contributed by atoms with E-state index in [1.165, 1.54) is 11.5 Å². The van der Waals surface area contributed by atoms with Gasteiger partial charge in [-0.2, -0.15) is 4.37 Å². The maximum atomic E-state index is 12.0.